The predicted molar refractivity (Wildman–Crippen MR) is 115 cm³/mol. The number of halogens is 3. The van der Waals surface area contributed by atoms with E-state index < -0.39 is 22.5 Å². The molecule has 1 amide bonds. The van der Waals surface area contributed by atoms with Gasteiger partial charge in [-0.15, -0.1) is 0 Å². The fraction of sp³-hybridized carbons (Fsp3) is 0.176. The Morgan fingerprint density at radius 3 is 2.64 bits per heavy atom. The second kappa shape index (κ2) is 9.60. The van der Waals surface area contributed by atoms with Crippen molar-refractivity contribution >= 4 is 67.0 Å². The highest BCUT2D eigenvalue weighted by atomic mass is 79.9. The maximum absolute atomic E-state index is 12.2. The number of benzene rings is 2. The summed E-state index contributed by atoms with van der Waals surface area (Å²) in [4.78, 5) is 12.2. The number of methoxy groups -OCH3 is 1. The van der Waals surface area contributed by atoms with Gasteiger partial charge >= 0.3 is 0 Å². The minimum absolute atomic E-state index is 0.101. The van der Waals surface area contributed by atoms with Crippen LogP contribution >= 0.6 is 39.1 Å². The molecule has 11 heteroatoms. The van der Waals surface area contributed by atoms with Crippen LogP contribution in [0.3, 0.4) is 0 Å². The van der Waals surface area contributed by atoms with E-state index in [0.717, 1.165) is 15.0 Å². The molecule has 0 fully saturated rings. The Bertz CT molecular complexity index is 1020. The first kappa shape index (κ1) is 22.5. The largest absolute Gasteiger partial charge is 0.496 e. The Balaban J connectivity index is 2.17. The second-order valence-electron chi connectivity index (χ2n) is 5.54. The highest BCUT2D eigenvalue weighted by Crippen LogP contribution is 2.30. The molecule has 150 valence electrons. The minimum Gasteiger partial charge on any atom is -0.496 e. The Labute approximate surface area is 181 Å². The van der Waals surface area contributed by atoms with Gasteiger partial charge < -0.3 is 4.74 Å². The Morgan fingerprint density at radius 2 is 2.00 bits per heavy atom. The molecule has 0 heterocycles. The van der Waals surface area contributed by atoms with Crippen molar-refractivity contribution in [2.45, 2.75) is 0 Å². The second-order valence-corrected chi connectivity index (χ2v) is 9.21. The van der Waals surface area contributed by atoms with Crippen LogP contribution in [0, 0.1) is 0 Å². The Kier molecular flexibility index (Phi) is 7.70. The molecular formula is C17H16BrCl2N3O4S. The Morgan fingerprint density at radius 1 is 1.29 bits per heavy atom. The monoisotopic (exact) mass is 507 g/mol. The smallest absolute Gasteiger partial charge is 0.260 e. The van der Waals surface area contributed by atoms with Gasteiger partial charge in [0.2, 0.25) is 10.0 Å². The molecule has 0 aliphatic rings. The van der Waals surface area contributed by atoms with Gasteiger partial charge in [-0.25, -0.2) is 13.8 Å². The predicted octanol–water partition coefficient (Wildman–Crippen LogP) is 3.68. The normalized spacial score (nSPS) is 11.5. The van der Waals surface area contributed by atoms with Crippen molar-refractivity contribution in [3.8, 4) is 5.75 Å². The molecule has 0 aliphatic carbocycles. The molecule has 0 saturated heterocycles. The molecule has 1 N–H and O–H groups in total. The van der Waals surface area contributed by atoms with Crippen LogP contribution in [0.4, 0.5) is 5.69 Å². The number of hydrazone groups is 1. The zero-order chi connectivity index (χ0) is 20.9. The third-order valence-corrected chi connectivity index (χ3v) is 5.62. The van der Waals surface area contributed by atoms with Crippen LogP contribution in [0.25, 0.3) is 0 Å². The lowest BCUT2D eigenvalue weighted by Gasteiger charge is -2.22. The Hall–Kier alpha value is -1.81. The van der Waals surface area contributed by atoms with E-state index in [1.807, 2.05) is 0 Å². The van der Waals surface area contributed by atoms with Gasteiger partial charge in [-0.2, -0.15) is 5.10 Å². The molecule has 2 aromatic rings. The van der Waals surface area contributed by atoms with Crippen molar-refractivity contribution in [1.82, 2.24) is 5.43 Å². The quantitative estimate of drug-likeness (QED) is 0.456. The average Bonchev–Trinajstić information content (AvgIpc) is 2.61. The molecule has 28 heavy (non-hydrogen) atoms. The van der Waals surface area contributed by atoms with E-state index in [9.17, 15) is 13.2 Å². The van der Waals surface area contributed by atoms with E-state index >= 15 is 0 Å². The number of ether oxygens (including phenoxy) is 1. The first-order valence-corrected chi connectivity index (χ1v) is 11.1. The number of sulfonamides is 1. The molecule has 0 unspecified atom stereocenters. The molecule has 2 aromatic carbocycles. The molecule has 0 atom stereocenters. The van der Waals surface area contributed by atoms with E-state index in [2.05, 4.69) is 26.5 Å². The molecule has 0 spiro atoms. The number of hydrogen-bond donors (Lipinski definition) is 1. The number of hydrogen-bond acceptors (Lipinski definition) is 5. The van der Waals surface area contributed by atoms with Crippen LogP contribution in [0.15, 0.2) is 46.0 Å². The van der Waals surface area contributed by atoms with Crippen molar-refractivity contribution < 1.29 is 17.9 Å². The highest BCUT2D eigenvalue weighted by molar-refractivity contribution is 9.10. The topological polar surface area (TPSA) is 88.1 Å². The molecule has 0 bridgehead atoms. The number of nitrogens with one attached hydrogen (secondary N) is 1. The lowest BCUT2D eigenvalue weighted by molar-refractivity contribution is -0.119. The number of carbonyl (C=O) groups excluding carboxylic acids is 1. The number of amides is 1. The lowest BCUT2D eigenvalue weighted by Crippen LogP contribution is -2.39. The maximum Gasteiger partial charge on any atom is 0.260 e. The first-order chi connectivity index (χ1) is 13.1. The zero-order valence-electron chi connectivity index (χ0n) is 14.8. The first-order valence-electron chi connectivity index (χ1n) is 7.70. The average molecular weight is 509 g/mol. The van der Waals surface area contributed by atoms with E-state index in [4.69, 9.17) is 27.9 Å². The summed E-state index contributed by atoms with van der Waals surface area (Å²) >= 11 is 15.3. The summed E-state index contributed by atoms with van der Waals surface area (Å²) in [5, 5.41) is 4.28. The molecule has 0 radical (unpaired) electrons. The lowest BCUT2D eigenvalue weighted by atomic mass is 10.2. The number of carbonyl (C=O) groups is 1. The van der Waals surface area contributed by atoms with Crippen LogP contribution in [0.1, 0.15) is 5.56 Å². The van der Waals surface area contributed by atoms with Crippen molar-refractivity contribution in [2.24, 2.45) is 5.10 Å². The van der Waals surface area contributed by atoms with E-state index in [1.54, 1.807) is 18.2 Å². The summed E-state index contributed by atoms with van der Waals surface area (Å²) in [5.74, 6) is -0.101. The molecule has 0 aromatic heterocycles. The SMILES string of the molecule is COc1ccc(Br)cc1/C=N\NC(=O)CN(c1cc(Cl)ccc1Cl)S(C)(=O)=O. The van der Waals surface area contributed by atoms with Crippen molar-refractivity contribution in [1.29, 1.82) is 0 Å². The summed E-state index contributed by atoms with van der Waals surface area (Å²) in [5.41, 5.74) is 3.01. The molecular weight excluding hydrogens is 493 g/mol. The van der Waals surface area contributed by atoms with Gasteiger partial charge in [0.15, 0.2) is 0 Å². The maximum atomic E-state index is 12.2. The van der Waals surface area contributed by atoms with Gasteiger partial charge in [-0.3, -0.25) is 9.10 Å². The van der Waals surface area contributed by atoms with Gasteiger partial charge in [-0.05, 0) is 36.4 Å². The highest BCUT2D eigenvalue weighted by Gasteiger charge is 2.23. The van der Waals surface area contributed by atoms with Crippen molar-refractivity contribution in [3.63, 3.8) is 0 Å². The van der Waals surface area contributed by atoms with Gasteiger partial charge in [0, 0.05) is 15.1 Å². The van der Waals surface area contributed by atoms with Crippen LogP contribution in [0.5, 0.6) is 5.75 Å². The molecule has 2 rings (SSSR count). The number of anilines is 1. The summed E-state index contributed by atoms with van der Waals surface area (Å²) < 4.78 is 31.1. The minimum atomic E-state index is -3.79. The fourth-order valence-corrected chi connectivity index (χ4v) is 3.88. The fourth-order valence-electron chi connectivity index (χ4n) is 2.20. The van der Waals surface area contributed by atoms with Gasteiger partial charge in [0.25, 0.3) is 5.91 Å². The molecule has 0 saturated carbocycles. The van der Waals surface area contributed by atoms with E-state index in [0.29, 0.717) is 11.3 Å². The van der Waals surface area contributed by atoms with Crippen LogP contribution < -0.4 is 14.5 Å². The van der Waals surface area contributed by atoms with Gasteiger partial charge in [0.1, 0.15) is 12.3 Å². The summed E-state index contributed by atoms with van der Waals surface area (Å²) in [6.45, 7) is -0.522. The zero-order valence-corrected chi connectivity index (χ0v) is 18.7. The van der Waals surface area contributed by atoms with Gasteiger partial charge in [0.05, 0.1) is 30.3 Å². The van der Waals surface area contributed by atoms with Crippen LogP contribution in [-0.4, -0.2) is 40.4 Å². The number of nitrogens with zero attached hydrogens (tertiary/aromatic N) is 2. The van der Waals surface area contributed by atoms with Crippen LogP contribution in [0.2, 0.25) is 10.0 Å². The van der Waals surface area contributed by atoms with E-state index in [-0.39, 0.29) is 15.7 Å². The molecule has 0 aliphatic heterocycles. The molecule has 7 nitrogen and oxygen atoms in total. The summed E-state index contributed by atoms with van der Waals surface area (Å²) in [6.07, 6.45) is 2.35. The number of rotatable bonds is 7. The van der Waals surface area contributed by atoms with Gasteiger partial charge in [-0.1, -0.05) is 39.1 Å². The van der Waals surface area contributed by atoms with E-state index in [1.165, 1.54) is 31.5 Å². The third kappa shape index (κ3) is 6.10. The third-order valence-electron chi connectivity index (χ3n) is 3.45. The standard InChI is InChI=1S/C17H16BrCl2N3O4S/c1-27-16-6-3-12(18)7-11(16)9-21-22-17(24)10-23(28(2,25)26)15-8-13(19)4-5-14(15)20/h3-9H,10H2,1-2H3,(H,22,24)/b21-9-. The summed E-state index contributed by atoms with van der Waals surface area (Å²) in [6, 6.07) is 9.63. The van der Waals surface area contributed by atoms with Crippen molar-refractivity contribution in [2.75, 3.05) is 24.2 Å². The van der Waals surface area contributed by atoms with Crippen LogP contribution in [-0.2, 0) is 14.8 Å². The van der Waals surface area contributed by atoms with Crippen molar-refractivity contribution in [3.05, 3.63) is 56.5 Å². The summed E-state index contributed by atoms with van der Waals surface area (Å²) in [7, 11) is -2.28.